The molecular formula is C10H7IO2S. The van der Waals surface area contributed by atoms with Gasteiger partial charge in [0, 0.05) is 30.2 Å². The van der Waals surface area contributed by atoms with Crippen molar-refractivity contribution in [2.24, 2.45) is 0 Å². The molecule has 0 bridgehead atoms. The van der Waals surface area contributed by atoms with Crippen LogP contribution >= 0.6 is 33.9 Å². The molecule has 0 saturated carbocycles. The van der Waals surface area contributed by atoms with Gasteiger partial charge in [0.25, 0.3) is 0 Å². The zero-order chi connectivity index (χ0) is 10.1. The van der Waals surface area contributed by atoms with E-state index in [0.29, 0.717) is 5.56 Å². The molecule has 2 aromatic rings. The highest BCUT2D eigenvalue weighted by molar-refractivity contribution is 14.1. The molecule has 72 valence electrons. The maximum atomic E-state index is 10.8. The molecule has 1 aromatic carbocycles. The largest absolute Gasteiger partial charge is 0.392 e. The normalized spacial score (nSPS) is 10.7. The third kappa shape index (κ3) is 1.47. The lowest BCUT2D eigenvalue weighted by atomic mass is 10.1. The summed E-state index contributed by atoms with van der Waals surface area (Å²) < 4.78 is 2.05. The standard InChI is InChI=1S/C10H7IO2S/c11-8-1-2-9-10(7(8)4-13)6(3-12)5-14-9/h1-3,5,13H,4H2. The number of hydrogen-bond acceptors (Lipinski definition) is 3. The van der Waals surface area contributed by atoms with Gasteiger partial charge in [-0.2, -0.15) is 0 Å². The molecule has 1 aromatic heterocycles. The molecule has 2 rings (SSSR count). The quantitative estimate of drug-likeness (QED) is 0.683. The van der Waals surface area contributed by atoms with Gasteiger partial charge in [-0.1, -0.05) is 0 Å². The summed E-state index contributed by atoms with van der Waals surface area (Å²) in [7, 11) is 0. The number of benzene rings is 1. The van der Waals surface area contributed by atoms with E-state index >= 15 is 0 Å². The van der Waals surface area contributed by atoms with Gasteiger partial charge >= 0.3 is 0 Å². The van der Waals surface area contributed by atoms with Crippen LogP contribution in [0.1, 0.15) is 15.9 Å². The second kappa shape index (κ2) is 3.96. The molecule has 0 unspecified atom stereocenters. The maximum Gasteiger partial charge on any atom is 0.151 e. The van der Waals surface area contributed by atoms with Crippen molar-refractivity contribution in [1.29, 1.82) is 0 Å². The van der Waals surface area contributed by atoms with E-state index in [2.05, 4.69) is 22.6 Å². The topological polar surface area (TPSA) is 37.3 Å². The molecule has 0 fully saturated rings. The molecule has 0 radical (unpaired) electrons. The van der Waals surface area contributed by atoms with Gasteiger partial charge in [-0.05, 0) is 34.7 Å². The number of aldehydes is 1. The summed E-state index contributed by atoms with van der Waals surface area (Å²) >= 11 is 3.70. The summed E-state index contributed by atoms with van der Waals surface area (Å²) in [6.45, 7) is -0.0206. The minimum atomic E-state index is -0.0206. The van der Waals surface area contributed by atoms with Crippen LogP contribution in [0.3, 0.4) is 0 Å². The van der Waals surface area contributed by atoms with Crippen LogP contribution in [0.4, 0.5) is 0 Å². The maximum absolute atomic E-state index is 10.8. The molecule has 0 aliphatic rings. The van der Waals surface area contributed by atoms with Crippen molar-refractivity contribution in [1.82, 2.24) is 0 Å². The van der Waals surface area contributed by atoms with Crippen molar-refractivity contribution in [3.05, 3.63) is 32.2 Å². The summed E-state index contributed by atoms with van der Waals surface area (Å²) in [4.78, 5) is 10.8. The van der Waals surface area contributed by atoms with Gasteiger partial charge < -0.3 is 5.11 Å². The summed E-state index contributed by atoms with van der Waals surface area (Å²) in [6.07, 6.45) is 0.841. The molecule has 0 aliphatic heterocycles. The van der Waals surface area contributed by atoms with Crippen LogP contribution in [0.25, 0.3) is 10.1 Å². The lowest BCUT2D eigenvalue weighted by molar-refractivity contribution is 0.112. The van der Waals surface area contributed by atoms with Crippen molar-refractivity contribution in [2.75, 3.05) is 0 Å². The predicted octanol–water partition coefficient (Wildman–Crippen LogP) is 2.81. The Hall–Kier alpha value is -0.460. The zero-order valence-electron chi connectivity index (χ0n) is 7.16. The van der Waals surface area contributed by atoms with Gasteiger partial charge in [-0.25, -0.2) is 0 Å². The van der Waals surface area contributed by atoms with Crippen molar-refractivity contribution >= 4 is 50.3 Å². The van der Waals surface area contributed by atoms with Crippen LogP contribution < -0.4 is 0 Å². The molecule has 0 saturated heterocycles. The van der Waals surface area contributed by atoms with Crippen LogP contribution in [0.15, 0.2) is 17.5 Å². The molecule has 4 heteroatoms. The number of carbonyl (C=O) groups excluding carboxylic acids is 1. The lowest BCUT2D eigenvalue weighted by Gasteiger charge is -2.03. The lowest BCUT2D eigenvalue weighted by Crippen LogP contribution is -1.90. The second-order valence-electron chi connectivity index (χ2n) is 2.87. The van der Waals surface area contributed by atoms with Crippen LogP contribution in [0, 0.1) is 3.57 Å². The number of aliphatic hydroxyl groups is 1. The first-order valence-corrected chi connectivity index (χ1v) is 5.98. The van der Waals surface area contributed by atoms with Crippen molar-refractivity contribution in [3.63, 3.8) is 0 Å². The van der Waals surface area contributed by atoms with Crippen molar-refractivity contribution in [3.8, 4) is 0 Å². The average molecular weight is 318 g/mol. The number of thiophene rings is 1. The van der Waals surface area contributed by atoms with E-state index in [-0.39, 0.29) is 6.61 Å². The van der Waals surface area contributed by atoms with Gasteiger partial charge in [0.15, 0.2) is 6.29 Å². The Morgan fingerprint density at radius 3 is 2.93 bits per heavy atom. The van der Waals surface area contributed by atoms with E-state index in [1.54, 1.807) is 0 Å². The SMILES string of the molecule is O=Cc1csc2ccc(I)c(CO)c12. The first-order valence-electron chi connectivity index (χ1n) is 4.02. The molecule has 0 aliphatic carbocycles. The molecule has 1 heterocycles. The van der Waals surface area contributed by atoms with E-state index in [4.69, 9.17) is 0 Å². The van der Waals surface area contributed by atoms with Crippen LogP contribution in [-0.2, 0) is 6.61 Å². The highest BCUT2D eigenvalue weighted by atomic mass is 127. The minimum absolute atomic E-state index is 0.0206. The summed E-state index contributed by atoms with van der Waals surface area (Å²) in [5.41, 5.74) is 1.53. The molecule has 1 N–H and O–H groups in total. The molecular weight excluding hydrogens is 311 g/mol. The predicted molar refractivity (Wildman–Crippen MR) is 65.9 cm³/mol. The Kier molecular flexibility index (Phi) is 2.85. The number of fused-ring (bicyclic) bond motifs is 1. The van der Waals surface area contributed by atoms with Gasteiger partial charge in [0.2, 0.25) is 0 Å². The van der Waals surface area contributed by atoms with Crippen molar-refractivity contribution < 1.29 is 9.90 Å². The average Bonchev–Trinajstić information content (AvgIpc) is 2.61. The van der Waals surface area contributed by atoms with E-state index in [1.807, 2.05) is 17.5 Å². The highest BCUT2D eigenvalue weighted by Gasteiger charge is 2.10. The Balaban J connectivity index is 2.88. The number of halogens is 1. The molecule has 0 atom stereocenters. The minimum Gasteiger partial charge on any atom is -0.392 e. The van der Waals surface area contributed by atoms with E-state index in [9.17, 15) is 9.90 Å². The van der Waals surface area contributed by atoms with Crippen LogP contribution in [0.2, 0.25) is 0 Å². The summed E-state index contributed by atoms with van der Waals surface area (Å²) in [5, 5.41) is 12.0. The van der Waals surface area contributed by atoms with E-state index in [0.717, 1.165) is 25.5 Å². The third-order valence-electron chi connectivity index (χ3n) is 2.10. The monoisotopic (exact) mass is 318 g/mol. The molecule has 0 spiro atoms. The Morgan fingerprint density at radius 2 is 2.29 bits per heavy atom. The van der Waals surface area contributed by atoms with Gasteiger partial charge in [-0.3, -0.25) is 4.79 Å². The number of rotatable bonds is 2. The molecule has 0 amide bonds. The summed E-state index contributed by atoms with van der Waals surface area (Å²) in [6, 6.07) is 3.94. The fraction of sp³-hybridized carbons (Fsp3) is 0.100. The Bertz CT molecular complexity index is 490. The third-order valence-corrected chi connectivity index (χ3v) is 4.08. The summed E-state index contributed by atoms with van der Waals surface area (Å²) in [5.74, 6) is 0. The van der Waals surface area contributed by atoms with Gasteiger partial charge in [0.1, 0.15) is 0 Å². The highest BCUT2D eigenvalue weighted by Crippen LogP contribution is 2.31. The smallest absolute Gasteiger partial charge is 0.151 e. The van der Waals surface area contributed by atoms with E-state index < -0.39 is 0 Å². The van der Waals surface area contributed by atoms with Crippen LogP contribution in [-0.4, -0.2) is 11.4 Å². The first kappa shape index (κ1) is 10.1. The molecule has 14 heavy (non-hydrogen) atoms. The van der Waals surface area contributed by atoms with Gasteiger partial charge in [-0.15, -0.1) is 11.3 Å². The first-order chi connectivity index (χ1) is 6.77. The number of carbonyl (C=O) groups is 1. The van der Waals surface area contributed by atoms with Crippen LogP contribution in [0.5, 0.6) is 0 Å². The Morgan fingerprint density at radius 1 is 1.50 bits per heavy atom. The number of aliphatic hydroxyl groups excluding tert-OH is 1. The van der Waals surface area contributed by atoms with E-state index in [1.165, 1.54) is 11.3 Å². The fourth-order valence-corrected chi connectivity index (χ4v) is 3.00. The zero-order valence-corrected chi connectivity index (χ0v) is 10.1. The number of hydrogen-bond donors (Lipinski definition) is 1. The van der Waals surface area contributed by atoms with Crippen molar-refractivity contribution in [2.45, 2.75) is 6.61 Å². The Labute approximate surface area is 98.7 Å². The molecule has 2 nitrogen and oxygen atoms in total. The second-order valence-corrected chi connectivity index (χ2v) is 4.94. The van der Waals surface area contributed by atoms with Gasteiger partial charge in [0.05, 0.1) is 6.61 Å². The fourth-order valence-electron chi connectivity index (χ4n) is 1.44.